The van der Waals surface area contributed by atoms with E-state index in [4.69, 9.17) is 9.47 Å². The maximum Gasteiger partial charge on any atom is 0.201 e. The molecule has 1 aliphatic rings. The van der Waals surface area contributed by atoms with Gasteiger partial charge in [0.15, 0.2) is 11.6 Å². The lowest BCUT2D eigenvalue weighted by atomic mass is 9.89. The molecule has 0 amide bonds. The van der Waals surface area contributed by atoms with Crippen LogP contribution in [-0.4, -0.2) is 19.3 Å². The fourth-order valence-electron chi connectivity index (χ4n) is 3.69. The number of ether oxygens (including phenoxy) is 2. The zero-order valence-electron chi connectivity index (χ0n) is 16.4. The van der Waals surface area contributed by atoms with Crippen LogP contribution in [0, 0.1) is 17.5 Å². The molecule has 1 fully saturated rings. The minimum atomic E-state index is -1.09. The summed E-state index contributed by atoms with van der Waals surface area (Å²) < 4.78 is 54.5. The molecule has 152 valence electrons. The third-order valence-electron chi connectivity index (χ3n) is 5.24. The molecule has 1 aliphatic heterocycles. The fourth-order valence-corrected chi connectivity index (χ4v) is 3.69. The molecule has 2 aromatic rings. The number of hydrogen-bond acceptors (Lipinski definition) is 2. The van der Waals surface area contributed by atoms with E-state index in [9.17, 15) is 13.2 Å². The van der Waals surface area contributed by atoms with Gasteiger partial charge in [0, 0.05) is 17.0 Å². The van der Waals surface area contributed by atoms with Gasteiger partial charge in [-0.25, -0.2) is 8.78 Å². The van der Waals surface area contributed by atoms with Crippen molar-refractivity contribution in [1.82, 2.24) is 0 Å². The molecule has 2 unspecified atom stereocenters. The molecule has 0 N–H and O–H groups in total. The van der Waals surface area contributed by atoms with Crippen LogP contribution >= 0.6 is 0 Å². The topological polar surface area (TPSA) is 18.5 Å². The number of halogens is 3. The molecule has 2 nitrogen and oxygen atoms in total. The summed E-state index contributed by atoms with van der Waals surface area (Å²) in [5, 5.41) is 0. The first-order valence-corrected chi connectivity index (χ1v) is 10.1. The van der Waals surface area contributed by atoms with Gasteiger partial charge >= 0.3 is 0 Å². The lowest BCUT2D eigenvalue weighted by Gasteiger charge is -2.29. The Morgan fingerprint density at radius 1 is 0.964 bits per heavy atom. The Hall–Kier alpha value is -2.01. The molecule has 1 saturated heterocycles. The Balaban J connectivity index is 1.79. The first-order valence-electron chi connectivity index (χ1n) is 10.1. The quantitative estimate of drug-likeness (QED) is 0.527. The summed E-state index contributed by atoms with van der Waals surface area (Å²) in [6.07, 6.45) is 5.00. The summed E-state index contributed by atoms with van der Waals surface area (Å²) in [5.41, 5.74) is 0.774. The minimum absolute atomic E-state index is 0.0442. The molecule has 0 spiro atoms. The van der Waals surface area contributed by atoms with E-state index in [0.717, 1.165) is 31.2 Å². The molecule has 28 heavy (non-hydrogen) atoms. The van der Waals surface area contributed by atoms with Gasteiger partial charge in [0.05, 0.1) is 19.3 Å². The van der Waals surface area contributed by atoms with Crippen molar-refractivity contribution in [2.24, 2.45) is 0 Å². The van der Waals surface area contributed by atoms with E-state index in [1.165, 1.54) is 24.3 Å². The van der Waals surface area contributed by atoms with Crippen LogP contribution in [0.3, 0.4) is 0 Å². The highest BCUT2D eigenvalue weighted by molar-refractivity contribution is 5.66. The maximum absolute atomic E-state index is 14.7. The maximum atomic E-state index is 14.7. The Morgan fingerprint density at radius 2 is 1.75 bits per heavy atom. The molecule has 0 radical (unpaired) electrons. The van der Waals surface area contributed by atoms with Gasteiger partial charge in [-0.1, -0.05) is 32.4 Å². The van der Waals surface area contributed by atoms with Gasteiger partial charge < -0.3 is 9.47 Å². The Kier molecular flexibility index (Phi) is 7.00. The molecule has 0 saturated carbocycles. The second-order valence-electron chi connectivity index (χ2n) is 7.35. The van der Waals surface area contributed by atoms with Crippen LogP contribution in [0.1, 0.15) is 57.4 Å². The largest absolute Gasteiger partial charge is 0.490 e. The molecule has 2 aromatic carbocycles. The summed E-state index contributed by atoms with van der Waals surface area (Å²) in [6, 6.07) is 7.43. The van der Waals surface area contributed by atoms with E-state index in [0.29, 0.717) is 19.6 Å². The minimum Gasteiger partial charge on any atom is -0.490 e. The average molecular weight is 392 g/mol. The highest BCUT2D eigenvalue weighted by atomic mass is 19.2. The SMILES string of the molecule is CCCOc1ccc(-c2ccc(C3CCC(CCC)OC3)cc2F)c(F)c1F. The number of rotatable bonds is 7. The monoisotopic (exact) mass is 392 g/mol. The van der Waals surface area contributed by atoms with Crippen molar-refractivity contribution in [3.8, 4) is 16.9 Å². The highest BCUT2D eigenvalue weighted by Crippen LogP contribution is 2.35. The Labute approximate surface area is 164 Å². The predicted molar refractivity (Wildman–Crippen MR) is 104 cm³/mol. The molecular weight excluding hydrogens is 365 g/mol. The highest BCUT2D eigenvalue weighted by Gasteiger charge is 2.24. The van der Waals surface area contributed by atoms with Crippen molar-refractivity contribution < 1.29 is 22.6 Å². The van der Waals surface area contributed by atoms with Gasteiger partial charge in [-0.2, -0.15) is 4.39 Å². The van der Waals surface area contributed by atoms with E-state index in [2.05, 4.69) is 6.92 Å². The predicted octanol–water partition coefficient (Wildman–Crippen LogP) is 6.62. The molecule has 0 bridgehead atoms. The van der Waals surface area contributed by atoms with Crippen LogP contribution in [0.2, 0.25) is 0 Å². The zero-order valence-corrected chi connectivity index (χ0v) is 16.4. The van der Waals surface area contributed by atoms with Crippen LogP contribution in [0.15, 0.2) is 30.3 Å². The Morgan fingerprint density at radius 3 is 2.39 bits per heavy atom. The number of hydrogen-bond donors (Lipinski definition) is 0. The van der Waals surface area contributed by atoms with Gasteiger partial charge in [0.1, 0.15) is 5.82 Å². The summed E-state index contributed by atoms with van der Waals surface area (Å²) in [6.45, 7) is 4.87. The van der Waals surface area contributed by atoms with Crippen molar-refractivity contribution in [3.63, 3.8) is 0 Å². The summed E-state index contributed by atoms with van der Waals surface area (Å²) in [7, 11) is 0. The van der Waals surface area contributed by atoms with E-state index in [1.807, 2.05) is 6.92 Å². The summed E-state index contributed by atoms with van der Waals surface area (Å²) >= 11 is 0. The second-order valence-corrected chi connectivity index (χ2v) is 7.35. The Bertz CT molecular complexity index is 799. The van der Waals surface area contributed by atoms with Gasteiger partial charge in [0.2, 0.25) is 5.82 Å². The third kappa shape index (κ3) is 4.52. The second kappa shape index (κ2) is 9.46. The van der Waals surface area contributed by atoms with Gasteiger partial charge in [-0.05, 0) is 49.4 Å². The molecule has 2 atom stereocenters. The molecule has 0 aromatic heterocycles. The summed E-state index contributed by atoms with van der Waals surface area (Å²) in [4.78, 5) is 0. The van der Waals surface area contributed by atoms with Gasteiger partial charge in [-0.3, -0.25) is 0 Å². The smallest absolute Gasteiger partial charge is 0.201 e. The molecule has 0 aliphatic carbocycles. The first kappa shape index (κ1) is 20.7. The molecule has 5 heteroatoms. The van der Waals surface area contributed by atoms with Crippen LogP contribution < -0.4 is 4.74 Å². The molecule has 3 rings (SSSR count). The van der Waals surface area contributed by atoms with Crippen molar-refractivity contribution in [3.05, 3.63) is 53.3 Å². The van der Waals surface area contributed by atoms with Gasteiger partial charge in [0.25, 0.3) is 0 Å². The molecular formula is C23H27F3O2. The third-order valence-corrected chi connectivity index (χ3v) is 5.24. The van der Waals surface area contributed by atoms with E-state index >= 15 is 0 Å². The van der Waals surface area contributed by atoms with Crippen molar-refractivity contribution in [2.75, 3.05) is 13.2 Å². The zero-order chi connectivity index (χ0) is 20.1. The normalized spacial score (nSPS) is 19.6. The average Bonchev–Trinajstić information content (AvgIpc) is 2.70. The van der Waals surface area contributed by atoms with E-state index in [-0.39, 0.29) is 28.9 Å². The van der Waals surface area contributed by atoms with Crippen LogP contribution in [0.5, 0.6) is 5.75 Å². The fraction of sp³-hybridized carbons (Fsp3) is 0.478. The van der Waals surface area contributed by atoms with Crippen molar-refractivity contribution in [2.45, 2.75) is 58.0 Å². The summed E-state index contributed by atoms with van der Waals surface area (Å²) in [5.74, 6) is -2.77. The van der Waals surface area contributed by atoms with E-state index < -0.39 is 17.5 Å². The first-order chi connectivity index (χ1) is 13.5. The lowest BCUT2D eigenvalue weighted by molar-refractivity contribution is -0.00115. The van der Waals surface area contributed by atoms with Crippen molar-refractivity contribution >= 4 is 0 Å². The van der Waals surface area contributed by atoms with Crippen LogP contribution in [0.25, 0.3) is 11.1 Å². The number of benzene rings is 2. The molecule has 1 heterocycles. The van der Waals surface area contributed by atoms with Crippen molar-refractivity contribution in [1.29, 1.82) is 0 Å². The van der Waals surface area contributed by atoms with Crippen LogP contribution in [-0.2, 0) is 4.74 Å². The standard InChI is InChI=1S/C23H27F3O2/c1-3-5-17-8-6-16(14-28-17)15-7-9-18(20(24)13-15)19-10-11-21(27-12-4-2)23(26)22(19)25/h7,9-11,13,16-17H,3-6,8,12,14H2,1-2H3. The lowest BCUT2D eigenvalue weighted by Crippen LogP contribution is -2.24. The van der Waals surface area contributed by atoms with Crippen LogP contribution in [0.4, 0.5) is 13.2 Å². The van der Waals surface area contributed by atoms with Gasteiger partial charge in [-0.15, -0.1) is 0 Å². The van der Waals surface area contributed by atoms with E-state index in [1.54, 1.807) is 6.07 Å².